The lowest BCUT2D eigenvalue weighted by molar-refractivity contribution is 0.138. The molecule has 2 nitrogen and oxygen atoms in total. The van der Waals surface area contributed by atoms with Crippen LogP contribution in [-0.2, 0) is 6.42 Å². The third-order valence-electron chi connectivity index (χ3n) is 3.71. The van der Waals surface area contributed by atoms with Gasteiger partial charge in [-0.1, -0.05) is 19.1 Å². The highest BCUT2D eigenvalue weighted by Gasteiger charge is 2.30. The fourth-order valence-electron chi connectivity index (χ4n) is 2.88. The van der Waals surface area contributed by atoms with E-state index in [0.717, 1.165) is 18.7 Å². The van der Waals surface area contributed by atoms with Crippen LogP contribution in [0, 0.1) is 0 Å². The van der Waals surface area contributed by atoms with Gasteiger partial charge in [-0.05, 0) is 60.0 Å². The van der Waals surface area contributed by atoms with E-state index in [2.05, 4.69) is 61.1 Å². The van der Waals surface area contributed by atoms with Crippen molar-refractivity contribution in [2.45, 2.75) is 38.8 Å². The first kappa shape index (κ1) is 13.7. The second kappa shape index (κ2) is 5.23. The van der Waals surface area contributed by atoms with E-state index in [1.807, 2.05) is 0 Å². The Labute approximate surface area is 124 Å². The Morgan fingerprint density at radius 1 is 1.30 bits per heavy atom. The summed E-state index contributed by atoms with van der Waals surface area (Å²) in [4.78, 5) is 0. The predicted octanol–water partition coefficient (Wildman–Crippen LogP) is 4.16. The first-order valence-electron chi connectivity index (χ1n) is 7.16. The molecule has 1 aromatic heterocycles. The monoisotopic (exact) mass is 287 g/mol. The average molecular weight is 287 g/mol. The van der Waals surface area contributed by atoms with E-state index >= 15 is 0 Å². The third-order valence-corrected chi connectivity index (χ3v) is 4.41. The maximum absolute atomic E-state index is 5.96. The van der Waals surface area contributed by atoms with Crippen LogP contribution in [0.3, 0.4) is 0 Å². The van der Waals surface area contributed by atoms with Gasteiger partial charge in [0.15, 0.2) is 0 Å². The molecule has 1 aliphatic heterocycles. The van der Waals surface area contributed by atoms with Gasteiger partial charge in [-0.25, -0.2) is 0 Å². The number of ether oxygens (including phenoxy) is 1. The normalized spacial score (nSPS) is 17.6. The molecule has 2 heterocycles. The van der Waals surface area contributed by atoms with Crippen molar-refractivity contribution < 1.29 is 4.74 Å². The number of benzene rings is 1. The smallest absolute Gasteiger partial charge is 0.123 e. The van der Waals surface area contributed by atoms with Gasteiger partial charge in [-0.15, -0.1) is 0 Å². The zero-order chi connectivity index (χ0) is 14.2. The van der Waals surface area contributed by atoms with Crippen molar-refractivity contribution in [2.75, 3.05) is 6.54 Å². The van der Waals surface area contributed by atoms with Crippen LogP contribution in [-0.4, -0.2) is 12.1 Å². The molecule has 0 fully saturated rings. The van der Waals surface area contributed by atoms with E-state index in [0.29, 0.717) is 0 Å². The van der Waals surface area contributed by atoms with Crippen molar-refractivity contribution in [1.82, 2.24) is 5.32 Å². The van der Waals surface area contributed by atoms with Gasteiger partial charge in [-0.3, -0.25) is 0 Å². The molecule has 1 N–H and O–H groups in total. The van der Waals surface area contributed by atoms with Crippen molar-refractivity contribution in [3.63, 3.8) is 0 Å². The lowest BCUT2D eigenvalue weighted by Crippen LogP contribution is -2.24. The molecule has 3 rings (SSSR count). The number of hydrogen-bond acceptors (Lipinski definition) is 3. The third kappa shape index (κ3) is 2.60. The number of fused-ring (bicyclic) bond motifs is 1. The molecule has 0 radical (unpaired) electrons. The van der Waals surface area contributed by atoms with E-state index < -0.39 is 0 Å². The Morgan fingerprint density at radius 3 is 2.85 bits per heavy atom. The standard InChI is InChI=1S/C17H21NOS/c1-4-18-16(13-7-8-20-11-13)12-5-6-15-14(9-12)10-17(2,3)19-15/h5-9,11,16,18H,4,10H2,1-3H3. The van der Waals surface area contributed by atoms with Gasteiger partial charge in [0.25, 0.3) is 0 Å². The zero-order valence-electron chi connectivity index (χ0n) is 12.3. The number of thiophene rings is 1. The predicted molar refractivity (Wildman–Crippen MR) is 84.7 cm³/mol. The Balaban J connectivity index is 1.94. The van der Waals surface area contributed by atoms with Gasteiger partial charge in [0.1, 0.15) is 11.4 Å². The van der Waals surface area contributed by atoms with Crippen molar-refractivity contribution in [1.29, 1.82) is 0 Å². The number of nitrogens with one attached hydrogen (secondary N) is 1. The van der Waals surface area contributed by atoms with Crippen molar-refractivity contribution in [3.05, 3.63) is 51.7 Å². The molecule has 0 bridgehead atoms. The minimum absolute atomic E-state index is 0.0724. The minimum atomic E-state index is -0.0724. The van der Waals surface area contributed by atoms with E-state index in [-0.39, 0.29) is 11.6 Å². The second-order valence-electron chi connectivity index (χ2n) is 5.95. The molecule has 106 valence electrons. The van der Waals surface area contributed by atoms with E-state index in [1.165, 1.54) is 16.7 Å². The molecule has 1 aliphatic rings. The summed E-state index contributed by atoms with van der Waals surface area (Å²) in [6.07, 6.45) is 0.985. The highest BCUT2D eigenvalue weighted by molar-refractivity contribution is 7.08. The zero-order valence-corrected chi connectivity index (χ0v) is 13.1. The van der Waals surface area contributed by atoms with Crippen molar-refractivity contribution in [2.24, 2.45) is 0 Å². The quantitative estimate of drug-likeness (QED) is 0.911. The molecule has 0 spiro atoms. The van der Waals surface area contributed by atoms with Crippen LogP contribution in [0.4, 0.5) is 0 Å². The Morgan fingerprint density at radius 2 is 2.15 bits per heavy atom. The summed E-state index contributed by atoms with van der Waals surface area (Å²) >= 11 is 1.75. The van der Waals surface area contributed by atoms with Gasteiger partial charge < -0.3 is 10.1 Å². The molecule has 1 aromatic carbocycles. The summed E-state index contributed by atoms with van der Waals surface area (Å²) in [6, 6.07) is 9.09. The van der Waals surface area contributed by atoms with Gasteiger partial charge >= 0.3 is 0 Å². The molecule has 0 aliphatic carbocycles. The van der Waals surface area contributed by atoms with Crippen molar-refractivity contribution >= 4 is 11.3 Å². The molecule has 0 amide bonds. The maximum atomic E-state index is 5.96. The number of hydrogen-bond donors (Lipinski definition) is 1. The van der Waals surface area contributed by atoms with Crippen LogP contribution in [0.25, 0.3) is 0 Å². The minimum Gasteiger partial charge on any atom is -0.487 e. The summed E-state index contributed by atoms with van der Waals surface area (Å²) in [6.45, 7) is 7.40. The summed E-state index contributed by atoms with van der Waals surface area (Å²) in [5, 5.41) is 7.94. The summed E-state index contributed by atoms with van der Waals surface area (Å²) in [5.41, 5.74) is 3.92. The second-order valence-corrected chi connectivity index (χ2v) is 6.73. The molecular formula is C17H21NOS. The van der Waals surface area contributed by atoms with Crippen LogP contribution >= 0.6 is 11.3 Å². The van der Waals surface area contributed by atoms with E-state index in [9.17, 15) is 0 Å². The summed E-state index contributed by atoms with van der Waals surface area (Å²) in [5.74, 6) is 1.04. The molecule has 20 heavy (non-hydrogen) atoms. The van der Waals surface area contributed by atoms with Crippen molar-refractivity contribution in [3.8, 4) is 5.75 Å². The first-order valence-corrected chi connectivity index (χ1v) is 8.10. The van der Waals surface area contributed by atoms with Crippen LogP contribution < -0.4 is 10.1 Å². The fraction of sp³-hybridized carbons (Fsp3) is 0.412. The van der Waals surface area contributed by atoms with Gasteiger partial charge in [0.2, 0.25) is 0 Å². The van der Waals surface area contributed by atoms with Crippen LogP contribution in [0.1, 0.15) is 43.5 Å². The highest BCUT2D eigenvalue weighted by Crippen LogP contribution is 2.37. The molecule has 0 saturated carbocycles. The van der Waals surface area contributed by atoms with Crippen LogP contribution in [0.2, 0.25) is 0 Å². The maximum Gasteiger partial charge on any atom is 0.123 e. The van der Waals surface area contributed by atoms with Gasteiger partial charge in [0, 0.05) is 6.42 Å². The lowest BCUT2D eigenvalue weighted by Gasteiger charge is -2.18. The largest absolute Gasteiger partial charge is 0.487 e. The lowest BCUT2D eigenvalue weighted by atomic mass is 9.95. The molecule has 0 saturated heterocycles. The average Bonchev–Trinajstić information content (AvgIpc) is 3.00. The van der Waals surface area contributed by atoms with Gasteiger partial charge in [0.05, 0.1) is 6.04 Å². The SMILES string of the molecule is CCNC(c1ccsc1)c1ccc2c(c1)CC(C)(C)O2. The summed E-state index contributed by atoms with van der Waals surface area (Å²) < 4.78 is 5.96. The molecular weight excluding hydrogens is 266 g/mol. The molecule has 2 aromatic rings. The Hall–Kier alpha value is -1.32. The Bertz CT molecular complexity index is 589. The number of rotatable bonds is 4. The fourth-order valence-corrected chi connectivity index (χ4v) is 3.57. The summed E-state index contributed by atoms with van der Waals surface area (Å²) in [7, 11) is 0. The van der Waals surface area contributed by atoms with Crippen LogP contribution in [0.5, 0.6) is 5.75 Å². The highest BCUT2D eigenvalue weighted by atomic mass is 32.1. The topological polar surface area (TPSA) is 21.3 Å². The van der Waals surface area contributed by atoms with Gasteiger partial charge in [-0.2, -0.15) is 11.3 Å². The van der Waals surface area contributed by atoms with E-state index in [4.69, 9.17) is 4.74 Å². The van der Waals surface area contributed by atoms with E-state index in [1.54, 1.807) is 11.3 Å². The Kier molecular flexibility index (Phi) is 3.57. The molecule has 1 unspecified atom stereocenters. The first-order chi connectivity index (χ1) is 9.59. The van der Waals surface area contributed by atoms with Crippen LogP contribution in [0.15, 0.2) is 35.0 Å². The molecule has 1 atom stereocenters. The molecule has 3 heteroatoms.